The summed E-state index contributed by atoms with van der Waals surface area (Å²) in [5, 5.41) is 0. The second-order valence-corrected chi connectivity index (χ2v) is 5.32. The van der Waals surface area contributed by atoms with Gasteiger partial charge in [-0.3, -0.25) is 9.59 Å². The number of carbonyl (C=O) groups excluding carboxylic acids is 1. The molecule has 1 aromatic heterocycles. The molecule has 0 saturated heterocycles. The van der Waals surface area contributed by atoms with Gasteiger partial charge in [0.15, 0.2) is 5.78 Å². The van der Waals surface area contributed by atoms with E-state index in [2.05, 4.69) is 13.8 Å². The zero-order valence-corrected chi connectivity index (χ0v) is 12.1. The van der Waals surface area contributed by atoms with Crippen LogP contribution in [0.5, 0.6) is 0 Å². The van der Waals surface area contributed by atoms with E-state index >= 15 is 0 Å². The number of ketones is 1. The average molecular weight is 269 g/mol. The molecule has 0 aliphatic carbocycles. The number of nitrogens with zero attached hydrogens (tertiary/aromatic N) is 1. The Morgan fingerprint density at radius 2 is 1.80 bits per heavy atom. The lowest BCUT2D eigenvalue weighted by molar-refractivity contribution is 0.0971. The van der Waals surface area contributed by atoms with Gasteiger partial charge in [-0.25, -0.2) is 0 Å². The van der Waals surface area contributed by atoms with E-state index in [1.165, 1.54) is 10.1 Å². The Labute approximate surface area is 118 Å². The first-order valence-electron chi connectivity index (χ1n) is 6.78. The van der Waals surface area contributed by atoms with Crippen molar-refractivity contribution in [2.45, 2.75) is 33.2 Å². The summed E-state index contributed by atoms with van der Waals surface area (Å²) < 4.78 is 1.45. The molecule has 0 N–H and O–H groups in total. The minimum Gasteiger partial charge on any atom is -0.308 e. The molecule has 0 aliphatic rings. The highest BCUT2D eigenvalue weighted by atomic mass is 16.1. The van der Waals surface area contributed by atoms with E-state index in [0.717, 1.165) is 0 Å². The van der Waals surface area contributed by atoms with Crippen LogP contribution < -0.4 is 5.56 Å². The third-order valence-corrected chi connectivity index (χ3v) is 3.42. The summed E-state index contributed by atoms with van der Waals surface area (Å²) in [6, 6.07) is 11.1. The zero-order chi connectivity index (χ0) is 14.7. The van der Waals surface area contributed by atoms with Crippen LogP contribution in [0.1, 0.15) is 41.3 Å². The van der Waals surface area contributed by atoms with E-state index in [0.29, 0.717) is 17.0 Å². The maximum Gasteiger partial charge on any atom is 0.253 e. The third-order valence-electron chi connectivity index (χ3n) is 3.42. The molecular formula is C17H19NO2. The number of hydrogen-bond donors (Lipinski definition) is 0. The van der Waals surface area contributed by atoms with Crippen molar-refractivity contribution in [3.05, 3.63) is 69.6 Å². The van der Waals surface area contributed by atoms with Crippen LogP contribution in [-0.4, -0.2) is 10.4 Å². The lowest BCUT2D eigenvalue weighted by Crippen LogP contribution is -2.25. The molecule has 0 saturated carbocycles. The molecule has 2 aromatic rings. The topological polar surface area (TPSA) is 39.1 Å². The zero-order valence-electron chi connectivity index (χ0n) is 12.1. The Balaban J connectivity index is 2.20. The smallest absolute Gasteiger partial charge is 0.253 e. The van der Waals surface area contributed by atoms with Crippen molar-refractivity contribution in [2.75, 3.05) is 0 Å². The maximum atomic E-state index is 12.2. The van der Waals surface area contributed by atoms with Gasteiger partial charge in [0.05, 0.1) is 6.54 Å². The predicted molar refractivity (Wildman–Crippen MR) is 80.3 cm³/mol. The molecule has 0 radical (unpaired) electrons. The summed E-state index contributed by atoms with van der Waals surface area (Å²) in [6.45, 7) is 6.06. The Bertz CT molecular complexity index is 666. The lowest BCUT2D eigenvalue weighted by Gasteiger charge is -2.08. The number of benzene rings is 1. The van der Waals surface area contributed by atoms with Crippen molar-refractivity contribution in [3.63, 3.8) is 0 Å². The number of rotatable bonds is 4. The molecule has 0 fully saturated rings. The van der Waals surface area contributed by atoms with Crippen LogP contribution in [0.3, 0.4) is 0 Å². The summed E-state index contributed by atoms with van der Waals surface area (Å²) in [7, 11) is 0. The van der Waals surface area contributed by atoms with Crippen molar-refractivity contribution in [2.24, 2.45) is 0 Å². The largest absolute Gasteiger partial charge is 0.308 e. The molecule has 0 bridgehead atoms. The quantitative estimate of drug-likeness (QED) is 0.800. The van der Waals surface area contributed by atoms with Gasteiger partial charge in [0.2, 0.25) is 0 Å². The molecule has 104 valence electrons. The fraction of sp³-hybridized carbons (Fsp3) is 0.294. The number of Topliss-reactive ketones (excluding diaryl/α,β-unsaturated/α-hetero) is 1. The second kappa shape index (κ2) is 5.87. The molecule has 3 nitrogen and oxygen atoms in total. The molecule has 0 aliphatic heterocycles. The minimum absolute atomic E-state index is 0.0481. The third kappa shape index (κ3) is 3.05. The van der Waals surface area contributed by atoms with E-state index in [1.807, 2.05) is 24.3 Å². The van der Waals surface area contributed by atoms with E-state index in [-0.39, 0.29) is 17.9 Å². The van der Waals surface area contributed by atoms with E-state index < -0.39 is 0 Å². The first-order chi connectivity index (χ1) is 9.49. The van der Waals surface area contributed by atoms with Crippen molar-refractivity contribution in [1.29, 1.82) is 0 Å². The van der Waals surface area contributed by atoms with Crippen LogP contribution in [0.15, 0.2) is 47.4 Å². The van der Waals surface area contributed by atoms with E-state index in [4.69, 9.17) is 0 Å². The Hall–Kier alpha value is -2.16. The Morgan fingerprint density at radius 1 is 1.15 bits per heavy atom. The average Bonchev–Trinajstić information content (AvgIpc) is 2.44. The van der Waals surface area contributed by atoms with Gasteiger partial charge in [0.25, 0.3) is 5.56 Å². The lowest BCUT2D eigenvalue weighted by atomic mass is 10.0. The van der Waals surface area contributed by atoms with Gasteiger partial charge in [-0.15, -0.1) is 0 Å². The fourth-order valence-electron chi connectivity index (χ4n) is 2.08. The predicted octanol–water partition coefficient (Wildman–Crippen LogP) is 3.16. The highest BCUT2D eigenvalue weighted by molar-refractivity contribution is 5.95. The van der Waals surface area contributed by atoms with Gasteiger partial charge in [-0.2, -0.15) is 0 Å². The first-order valence-corrected chi connectivity index (χ1v) is 6.78. The van der Waals surface area contributed by atoms with Crippen LogP contribution in [-0.2, 0) is 6.54 Å². The second-order valence-electron chi connectivity index (χ2n) is 5.32. The van der Waals surface area contributed by atoms with Crippen LogP contribution in [0.2, 0.25) is 0 Å². The number of carbonyl (C=O) groups is 1. The molecule has 0 atom stereocenters. The van der Waals surface area contributed by atoms with Crippen LogP contribution in [0.4, 0.5) is 0 Å². The van der Waals surface area contributed by atoms with Crippen LogP contribution in [0, 0.1) is 6.92 Å². The molecule has 20 heavy (non-hydrogen) atoms. The van der Waals surface area contributed by atoms with Gasteiger partial charge in [0, 0.05) is 17.3 Å². The molecule has 0 unspecified atom stereocenters. The maximum absolute atomic E-state index is 12.2. The molecule has 2 rings (SSSR count). The SMILES string of the molecule is Cc1cccn(CC(=O)c2ccc(C(C)C)cc2)c1=O. The summed E-state index contributed by atoms with van der Waals surface area (Å²) in [5.74, 6) is 0.395. The van der Waals surface area contributed by atoms with E-state index in [9.17, 15) is 9.59 Å². The molecule has 3 heteroatoms. The number of aromatic nitrogens is 1. The highest BCUT2D eigenvalue weighted by Crippen LogP contribution is 2.15. The number of pyridine rings is 1. The Kier molecular flexibility index (Phi) is 4.18. The fourth-order valence-corrected chi connectivity index (χ4v) is 2.08. The number of aryl methyl sites for hydroxylation is 1. The summed E-state index contributed by atoms with van der Waals surface area (Å²) in [5.41, 5.74) is 2.38. The summed E-state index contributed by atoms with van der Waals surface area (Å²) in [4.78, 5) is 24.1. The van der Waals surface area contributed by atoms with Crippen molar-refractivity contribution in [1.82, 2.24) is 4.57 Å². The van der Waals surface area contributed by atoms with Crippen molar-refractivity contribution >= 4 is 5.78 Å². The standard InChI is InChI=1S/C17H19NO2/c1-12(2)14-6-8-15(9-7-14)16(19)11-18-10-4-5-13(3)17(18)20/h4-10,12H,11H2,1-3H3. The van der Waals surface area contributed by atoms with Crippen molar-refractivity contribution in [3.8, 4) is 0 Å². The minimum atomic E-state index is -0.111. The highest BCUT2D eigenvalue weighted by Gasteiger charge is 2.09. The van der Waals surface area contributed by atoms with Crippen molar-refractivity contribution < 1.29 is 4.79 Å². The molecule has 0 amide bonds. The van der Waals surface area contributed by atoms with Gasteiger partial charge in [-0.05, 0) is 24.5 Å². The first kappa shape index (κ1) is 14.3. The molecular weight excluding hydrogens is 250 g/mol. The van der Waals surface area contributed by atoms with Gasteiger partial charge >= 0.3 is 0 Å². The number of hydrogen-bond acceptors (Lipinski definition) is 2. The normalized spacial score (nSPS) is 10.8. The molecule has 1 aromatic carbocycles. The summed E-state index contributed by atoms with van der Waals surface area (Å²) in [6.07, 6.45) is 1.65. The van der Waals surface area contributed by atoms with Gasteiger partial charge in [0.1, 0.15) is 0 Å². The monoisotopic (exact) mass is 269 g/mol. The Morgan fingerprint density at radius 3 is 2.40 bits per heavy atom. The molecule has 0 spiro atoms. The van der Waals surface area contributed by atoms with Gasteiger partial charge in [-0.1, -0.05) is 44.2 Å². The van der Waals surface area contributed by atoms with Gasteiger partial charge < -0.3 is 4.57 Å². The van der Waals surface area contributed by atoms with E-state index in [1.54, 1.807) is 25.3 Å². The summed E-state index contributed by atoms with van der Waals surface area (Å²) >= 11 is 0. The van der Waals surface area contributed by atoms with Crippen LogP contribution in [0.25, 0.3) is 0 Å². The van der Waals surface area contributed by atoms with Crippen LogP contribution >= 0.6 is 0 Å². The molecule has 1 heterocycles.